The summed E-state index contributed by atoms with van der Waals surface area (Å²) in [6.07, 6.45) is 2.32. The Hall–Kier alpha value is -1.29. The molecule has 0 fully saturated rings. The van der Waals surface area contributed by atoms with Crippen LogP contribution in [0.4, 0.5) is 0 Å². The number of aromatic nitrogens is 1. The third-order valence-corrected chi connectivity index (χ3v) is 2.02. The maximum atomic E-state index is 5.98. The Kier molecular flexibility index (Phi) is 3.52. The lowest BCUT2D eigenvalue weighted by Crippen LogP contribution is -2.34. The molecule has 4 heteroatoms. The van der Waals surface area contributed by atoms with Crippen LogP contribution in [-0.4, -0.2) is 24.7 Å². The van der Waals surface area contributed by atoms with Crippen LogP contribution in [0.15, 0.2) is 12.3 Å². The van der Waals surface area contributed by atoms with Crippen LogP contribution in [-0.2, 0) is 6.42 Å². The molecule has 1 aromatic rings. The third-order valence-electron chi connectivity index (χ3n) is 2.02. The molecular formula is C11H18N2O2. The quantitative estimate of drug-likeness (QED) is 0.815. The number of nitrogens with zero attached hydrogens (tertiary/aromatic N) is 1. The van der Waals surface area contributed by atoms with Crippen molar-refractivity contribution in [2.45, 2.75) is 25.8 Å². The van der Waals surface area contributed by atoms with E-state index in [0.717, 1.165) is 11.3 Å². The van der Waals surface area contributed by atoms with Gasteiger partial charge in [-0.2, -0.15) is 0 Å². The third kappa shape index (κ3) is 3.09. The lowest BCUT2D eigenvalue weighted by atomic mass is 9.96. The van der Waals surface area contributed by atoms with Crippen molar-refractivity contribution in [2.24, 2.45) is 5.73 Å². The first-order valence-corrected chi connectivity index (χ1v) is 4.82. The van der Waals surface area contributed by atoms with Crippen molar-refractivity contribution in [1.82, 2.24) is 4.98 Å². The normalized spacial score (nSPS) is 11.3. The van der Waals surface area contributed by atoms with Crippen LogP contribution in [0.5, 0.6) is 11.6 Å². The summed E-state index contributed by atoms with van der Waals surface area (Å²) in [7, 11) is 3.22. The molecule has 0 aromatic carbocycles. The van der Waals surface area contributed by atoms with Crippen LogP contribution in [0.25, 0.3) is 0 Å². The molecule has 0 atom stereocenters. The molecule has 0 radical (unpaired) electrons. The molecule has 84 valence electrons. The van der Waals surface area contributed by atoms with E-state index in [0.29, 0.717) is 12.3 Å². The first-order chi connectivity index (χ1) is 6.98. The Morgan fingerprint density at radius 1 is 1.33 bits per heavy atom. The van der Waals surface area contributed by atoms with Crippen molar-refractivity contribution in [3.05, 3.63) is 17.8 Å². The summed E-state index contributed by atoms with van der Waals surface area (Å²) in [6.45, 7) is 3.91. The van der Waals surface area contributed by atoms with Crippen LogP contribution in [0.2, 0.25) is 0 Å². The van der Waals surface area contributed by atoms with Gasteiger partial charge in [-0.3, -0.25) is 0 Å². The predicted octanol–water partition coefficient (Wildman–Crippen LogP) is 1.38. The number of ether oxygens (including phenoxy) is 2. The predicted molar refractivity (Wildman–Crippen MR) is 59.3 cm³/mol. The largest absolute Gasteiger partial charge is 0.496 e. The average molecular weight is 210 g/mol. The Balaban J connectivity index is 3.11. The number of nitrogens with two attached hydrogens (primary N) is 1. The van der Waals surface area contributed by atoms with Crippen LogP contribution < -0.4 is 15.2 Å². The van der Waals surface area contributed by atoms with Gasteiger partial charge >= 0.3 is 0 Å². The van der Waals surface area contributed by atoms with Gasteiger partial charge in [0.25, 0.3) is 0 Å². The Labute approximate surface area is 90.4 Å². The zero-order chi connectivity index (χ0) is 11.5. The van der Waals surface area contributed by atoms with E-state index in [4.69, 9.17) is 15.2 Å². The van der Waals surface area contributed by atoms with Crippen molar-refractivity contribution in [3.63, 3.8) is 0 Å². The SMILES string of the molecule is COc1ccnc(OC)c1CC(C)(C)N. The molecule has 2 N–H and O–H groups in total. The molecule has 0 spiro atoms. The van der Waals surface area contributed by atoms with Crippen molar-refractivity contribution in [3.8, 4) is 11.6 Å². The van der Waals surface area contributed by atoms with Gasteiger partial charge in [0.2, 0.25) is 5.88 Å². The average Bonchev–Trinajstić information content (AvgIpc) is 2.16. The van der Waals surface area contributed by atoms with E-state index in [9.17, 15) is 0 Å². The van der Waals surface area contributed by atoms with Gasteiger partial charge < -0.3 is 15.2 Å². The molecule has 1 aromatic heterocycles. The van der Waals surface area contributed by atoms with Gasteiger partial charge in [0.05, 0.1) is 19.8 Å². The molecule has 0 unspecified atom stereocenters. The fraction of sp³-hybridized carbons (Fsp3) is 0.545. The summed E-state index contributed by atoms with van der Waals surface area (Å²) in [5.41, 5.74) is 6.57. The fourth-order valence-corrected chi connectivity index (χ4v) is 1.44. The van der Waals surface area contributed by atoms with Crippen LogP contribution in [0.3, 0.4) is 0 Å². The second-order valence-corrected chi connectivity index (χ2v) is 4.17. The summed E-state index contributed by atoms with van der Waals surface area (Å²) in [4.78, 5) is 4.13. The Morgan fingerprint density at radius 2 is 2.00 bits per heavy atom. The number of hydrogen-bond donors (Lipinski definition) is 1. The molecule has 4 nitrogen and oxygen atoms in total. The number of rotatable bonds is 4. The molecule has 0 aliphatic rings. The lowest BCUT2D eigenvalue weighted by Gasteiger charge is -2.21. The summed E-state index contributed by atoms with van der Waals surface area (Å²) in [5.74, 6) is 1.34. The van der Waals surface area contributed by atoms with Gasteiger partial charge in [-0.15, -0.1) is 0 Å². The zero-order valence-corrected chi connectivity index (χ0v) is 9.70. The van der Waals surface area contributed by atoms with Gasteiger partial charge in [0.15, 0.2) is 0 Å². The minimum Gasteiger partial charge on any atom is -0.496 e. The standard InChI is InChI=1S/C11H18N2O2/c1-11(2,12)7-8-9(14-3)5-6-13-10(8)15-4/h5-6H,7,12H2,1-4H3. The van der Waals surface area contributed by atoms with Crippen LogP contribution in [0, 0.1) is 0 Å². The monoisotopic (exact) mass is 210 g/mol. The molecule has 0 aliphatic heterocycles. The summed E-state index contributed by atoms with van der Waals surface area (Å²) in [5, 5.41) is 0. The number of hydrogen-bond acceptors (Lipinski definition) is 4. The maximum absolute atomic E-state index is 5.98. The molecule has 15 heavy (non-hydrogen) atoms. The van der Waals surface area contributed by atoms with Crippen molar-refractivity contribution >= 4 is 0 Å². The molecule has 0 saturated heterocycles. The lowest BCUT2D eigenvalue weighted by molar-refractivity contribution is 0.364. The molecule has 1 rings (SSSR count). The molecule has 0 saturated carbocycles. The van der Waals surface area contributed by atoms with E-state index >= 15 is 0 Å². The molecule has 0 amide bonds. The van der Waals surface area contributed by atoms with Gasteiger partial charge in [-0.05, 0) is 26.3 Å². The highest BCUT2D eigenvalue weighted by atomic mass is 16.5. The van der Waals surface area contributed by atoms with Crippen molar-refractivity contribution in [2.75, 3.05) is 14.2 Å². The maximum Gasteiger partial charge on any atom is 0.220 e. The molecular weight excluding hydrogens is 192 g/mol. The summed E-state index contributed by atoms with van der Waals surface area (Å²) >= 11 is 0. The minimum atomic E-state index is -0.316. The van der Waals surface area contributed by atoms with Crippen LogP contribution >= 0.6 is 0 Å². The number of methoxy groups -OCH3 is 2. The van der Waals surface area contributed by atoms with Crippen molar-refractivity contribution in [1.29, 1.82) is 0 Å². The smallest absolute Gasteiger partial charge is 0.220 e. The highest BCUT2D eigenvalue weighted by molar-refractivity contribution is 5.40. The van der Waals surface area contributed by atoms with E-state index in [2.05, 4.69) is 4.98 Å². The minimum absolute atomic E-state index is 0.316. The second-order valence-electron chi connectivity index (χ2n) is 4.17. The molecule has 1 heterocycles. The van der Waals surface area contributed by atoms with E-state index in [1.54, 1.807) is 20.4 Å². The van der Waals surface area contributed by atoms with Crippen molar-refractivity contribution < 1.29 is 9.47 Å². The summed E-state index contributed by atoms with van der Waals surface area (Å²) in [6, 6.07) is 1.81. The van der Waals surface area contributed by atoms with Gasteiger partial charge in [-0.25, -0.2) is 4.98 Å². The zero-order valence-electron chi connectivity index (χ0n) is 9.70. The molecule has 0 aliphatic carbocycles. The van der Waals surface area contributed by atoms with Crippen LogP contribution in [0.1, 0.15) is 19.4 Å². The first-order valence-electron chi connectivity index (χ1n) is 4.82. The van der Waals surface area contributed by atoms with Gasteiger partial charge in [-0.1, -0.05) is 0 Å². The van der Waals surface area contributed by atoms with E-state index < -0.39 is 0 Å². The van der Waals surface area contributed by atoms with E-state index in [-0.39, 0.29) is 5.54 Å². The highest BCUT2D eigenvalue weighted by Crippen LogP contribution is 2.28. The van der Waals surface area contributed by atoms with Gasteiger partial charge in [0.1, 0.15) is 5.75 Å². The second kappa shape index (κ2) is 4.49. The highest BCUT2D eigenvalue weighted by Gasteiger charge is 2.19. The molecule has 0 bridgehead atoms. The van der Waals surface area contributed by atoms with E-state index in [1.165, 1.54) is 0 Å². The first kappa shape index (κ1) is 11.8. The topological polar surface area (TPSA) is 57.4 Å². The summed E-state index contributed by atoms with van der Waals surface area (Å²) < 4.78 is 10.4. The van der Waals surface area contributed by atoms with Gasteiger partial charge in [0, 0.05) is 11.7 Å². The van der Waals surface area contributed by atoms with E-state index in [1.807, 2.05) is 19.9 Å². The fourth-order valence-electron chi connectivity index (χ4n) is 1.44. The number of pyridine rings is 1. The Morgan fingerprint density at radius 3 is 2.47 bits per heavy atom. The Bertz CT molecular complexity index is 310.